The summed E-state index contributed by atoms with van der Waals surface area (Å²) in [5, 5.41) is 9.91. The van der Waals surface area contributed by atoms with E-state index in [9.17, 15) is 9.90 Å². The van der Waals surface area contributed by atoms with Gasteiger partial charge < -0.3 is 15.6 Å². The van der Waals surface area contributed by atoms with Gasteiger partial charge in [0.25, 0.3) is 0 Å². The SMILES string of the molecule is CCC(CC)COc1cccc2nc(C)c(C(=O)O)c(N)c12. The van der Waals surface area contributed by atoms with E-state index in [0.29, 0.717) is 34.9 Å². The number of pyridine rings is 1. The van der Waals surface area contributed by atoms with Crippen LogP contribution in [0.2, 0.25) is 0 Å². The summed E-state index contributed by atoms with van der Waals surface area (Å²) in [5.74, 6) is -0.00933. The molecule has 5 heteroatoms. The first kappa shape index (κ1) is 16.1. The molecule has 0 unspecified atom stereocenters. The maximum absolute atomic E-state index is 11.4. The van der Waals surface area contributed by atoms with Crippen molar-refractivity contribution in [1.82, 2.24) is 4.98 Å². The Labute approximate surface area is 130 Å². The molecule has 1 heterocycles. The van der Waals surface area contributed by atoms with Crippen LogP contribution in [-0.2, 0) is 0 Å². The number of nitrogens with zero attached hydrogens (tertiary/aromatic N) is 1. The van der Waals surface area contributed by atoms with E-state index in [0.717, 1.165) is 12.8 Å². The minimum absolute atomic E-state index is 0.0473. The number of carboxylic acid groups (broad SMARTS) is 1. The monoisotopic (exact) mass is 302 g/mol. The quantitative estimate of drug-likeness (QED) is 0.851. The highest BCUT2D eigenvalue weighted by Gasteiger charge is 2.19. The number of aromatic carboxylic acids is 1. The Morgan fingerprint density at radius 3 is 2.64 bits per heavy atom. The van der Waals surface area contributed by atoms with Crippen LogP contribution < -0.4 is 10.5 Å². The highest BCUT2D eigenvalue weighted by atomic mass is 16.5. The molecule has 2 rings (SSSR count). The van der Waals surface area contributed by atoms with Gasteiger partial charge >= 0.3 is 5.97 Å². The number of nitrogen functional groups attached to an aromatic ring is 1. The second-order valence-electron chi connectivity index (χ2n) is 5.43. The Hall–Kier alpha value is -2.30. The molecule has 118 valence electrons. The third-order valence-electron chi connectivity index (χ3n) is 4.04. The van der Waals surface area contributed by atoms with Crippen LogP contribution in [0.15, 0.2) is 18.2 Å². The van der Waals surface area contributed by atoms with E-state index in [4.69, 9.17) is 10.5 Å². The van der Waals surface area contributed by atoms with Gasteiger partial charge in [-0.25, -0.2) is 4.79 Å². The smallest absolute Gasteiger partial charge is 0.339 e. The van der Waals surface area contributed by atoms with Crippen molar-refractivity contribution < 1.29 is 14.6 Å². The molecule has 3 N–H and O–H groups in total. The lowest BCUT2D eigenvalue weighted by Crippen LogP contribution is -2.12. The number of carbonyl (C=O) groups is 1. The standard InChI is InChI=1S/C17H22N2O3/c1-4-11(5-2)9-22-13-8-6-7-12-15(13)16(18)14(17(20)21)10(3)19-12/h6-8,11H,4-5,9H2,1-3H3,(H2,18,19)(H,20,21). The zero-order valence-electron chi connectivity index (χ0n) is 13.2. The summed E-state index contributed by atoms with van der Waals surface area (Å²) >= 11 is 0. The van der Waals surface area contributed by atoms with Gasteiger partial charge in [0.05, 0.1) is 28.9 Å². The van der Waals surface area contributed by atoms with Crippen molar-refractivity contribution in [2.24, 2.45) is 5.92 Å². The van der Waals surface area contributed by atoms with Crippen molar-refractivity contribution in [3.63, 3.8) is 0 Å². The maximum Gasteiger partial charge on any atom is 0.339 e. The van der Waals surface area contributed by atoms with E-state index < -0.39 is 5.97 Å². The lowest BCUT2D eigenvalue weighted by molar-refractivity contribution is 0.0697. The fourth-order valence-corrected chi connectivity index (χ4v) is 2.56. The van der Waals surface area contributed by atoms with Crippen molar-refractivity contribution >= 4 is 22.6 Å². The van der Waals surface area contributed by atoms with E-state index in [1.165, 1.54) is 0 Å². The number of anilines is 1. The van der Waals surface area contributed by atoms with Crippen LogP contribution >= 0.6 is 0 Å². The van der Waals surface area contributed by atoms with Crippen molar-refractivity contribution in [3.05, 3.63) is 29.5 Å². The Morgan fingerprint density at radius 1 is 1.36 bits per heavy atom. The van der Waals surface area contributed by atoms with E-state index >= 15 is 0 Å². The summed E-state index contributed by atoms with van der Waals surface area (Å²) in [7, 11) is 0. The second kappa shape index (κ2) is 6.64. The lowest BCUT2D eigenvalue weighted by Gasteiger charge is -2.17. The normalized spacial score (nSPS) is 11.1. The average Bonchev–Trinajstić information content (AvgIpc) is 2.47. The lowest BCUT2D eigenvalue weighted by atomic mass is 10.0. The molecule has 5 nitrogen and oxygen atoms in total. The molecular weight excluding hydrogens is 280 g/mol. The van der Waals surface area contributed by atoms with Gasteiger partial charge in [-0.05, 0) is 25.0 Å². The van der Waals surface area contributed by atoms with Gasteiger partial charge in [0.2, 0.25) is 0 Å². The molecule has 0 fully saturated rings. The topological polar surface area (TPSA) is 85.4 Å². The first-order valence-electron chi connectivity index (χ1n) is 7.54. The largest absolute Gasteiger partial charge is 0.493 e. The van der Waals surface area contributed by atoms with E-state index in [1.807, 2.05) is 18.2 Å². The molecule has 1 aromatic heterocycles. The molecule has 0 amide bonds. The highest BCUT2D eigenvalue weighted by molar-refractivity contribution is 6.06. The summed E-state index contributed by atoms with van der Waals surface area (Å²) in [6, 6.07) is 5.47. The molecular formula is C17H22N2O3. The van der Waals surface area contributed by atoms with E-state index in [1.54, 1.807) is 6.92 Å². The number of hydrogen-bond acceptors (Lipinski definition) is 4. The molecule has 0 radical (unpaired) electrons. The summed E-state index contributed by atoms with van der Waals surface area (Å²) in [6.45, 7) is 6.49. The fraction of sp³-hybridized carbons (Fsp3) is 0.412. The van der Waals surface area contributed by atoms with Crippen LogP contribution in [0, 0.1) is 12.8 Å². The Balaban J connectivity index is 2.51. The van der Waals surface area contributed by atoms with Gasteiger partial charge in [-0.15, -0.1) is 0 Å². The van der Waals surface area contributed by atoms with Crippen molar-refractivity contribution in [2.45, 2.75) is 33.6 Å². The predicted molar refractivity (Wildman–Crippen MR) is 87.4 cm³/mol. The van der Waals surface area contributed by atoms with Crippen LogP contribution in [0.25, 0.3) is 10.9 Å². The molecule has 0 spiro atoms. The Morgan fingerprint density at radius 2 is 2.05 bits per heavy atom. The summed E-state index contributed by atoms with van der Waals surface area (Å²) in [4.78, 5) is 15.7. The third kappa shape index (κ3) is 2.98. The van der Waals surface area contributed by atoms with E-state index in [2.05, 4.69) is 18.8 Å². The minimum atomic E-state index is -1.07. The van der Waals surface area contributed by atoms with Gasteiger partial charge in [-0.2, -0.15) is 0 Å². The molecule has 0 aliphatic heterocycles. The Kier molecular flexibility index (Phi) is 4.85. The number of fused-ring (bicyclic) bond motifs is 1. The van der Waals surface area contributed by atoms with Crippen LogP contribution in [0.4, 0.5) is 5.69 Å². The first-order valence-corrected chi connectivity index (χ1v) is 7.54. The van der Waals surface area contributed by atoms with Gasteiger partial charge in [-0.3, -0.25) is 4.98 Å². The molecule has 22 heavy (non-hydrogen) atoms. The third-order valence-corrected chi connectivity index (χ3v) is 4.04. The van der Waals surface area contributed by atoms with E-state index in [-0.39, 0.29) is 11.3 Å². The summed E-state index contributed by atoms with van der Waals surface area (Å²) in [6.07, 6.45) is 2.07. The molecule has 0 aliphatic carbocycles. The number of aryl methyl sites for hydroxylation is 1. The number of ether oxygens (including phenoxy) is 1. The van der Waals surface area contributed by atoms with Crippen molar-refractivity contribution in [3.8, 4) is 5.75 Å². The fourth-order valence-electron chi connectivity index (χ4n) is 2.56. The summed E-state index contributed by atoms with van der Waals surface area (Å²) in [5.41, 5.74) is 7.42. The number of rotatable bonds is 6. The van der Waals surface area contributed by atoms with Gasteiger partial charge in [0.15, 0.2) is 0 Å². The van der Waals surface area contributed by atoms with Gasteiger partial charge in [0.1, 0.15) is 11.3 Å². The second-order valence-corrected chi connectivity index (χ2v) is 5.43. The molecule has 0 saturated heterocycles. The van der Waals surface area contributed by atoms with Crippen molar-refractivity contribution in [2.75, 3.05) is 12.3 Å². The van der Waals surface area contributed by atoms with Crippen LogP contribution in [-0.4, -0.2) is 22.7 Å². The Bertz CT molecular complexity index is 694. The molecule has 0 atom stereocenters. The molecule has 0 aliphatic rings. The van der Waals surface area contributed by atoms with Crippen LogP contribution in [0.3, 0.4) is 0 Å². The minimum Gasteiger partial charge on any atom is -0.493 e. The van der Waals surface area contributed by atoms with Crippen LogP contribution in [0.5, 0.6) is 5.75 Å². The average molecular weight is 302 g/mol. The van der Waals surface area contributed by atoms with Crippen molar-refractivity contribution in [1.29, 1.82) is 0 Å². The molecule has 2 aromatic rings. The number of benzene rings is 1. The molecule has 0 saturated carbocycles. The molecule has 0 bridgehead atoms. The predicted octanol–water partition coefficient (Wildman–Crippen LogP) is 3.64. The highest BCUT2D eigenvalue weighted by Crippen LogP contribution is 2.33. The number of hydrogen-bond donors (Lipinski definition) is 2. The summed E-state index contributed by atoms with van der Waals surface area (Å²) < 4.78 is 5.91. The number of nitrogens with two attached hydrogens (primary N) is 1. The van der Waals surface area contributed by atoms with Crippen LogP contribution in [0.1, 0.15) is 42.7 Å². The van der Waals surface area contributed by atoms with Gasteiger partial charge in [-0.1, -0.05) is 32.8 Å². The first-order chi connectivity index (χ1) is 10.5. The maximum atomic E-state index is 11.4. The number of aromatic nitrogens is 1. The molecule has 1 aromatic carbocycles. The van der Waals surface area contributed by atoms with Gasteiger partial charge in [0, 0.05) is 0 Å². The zero-order valence-corrected chi connectivity index (χ0v) is 13.2. The zero-order chi connectivity index (χ0) is 16.3. The number of carboxylic acids is 1.